The highest BCUT2D eigenvalue weighted by atomic mass is 32.2. The molecule has 1 heterocycles. The van der Waals surface area contributed by atoms with Gasteiger partial charge in [-0.2, -0.15) is 11.8 Å². The third-order valence-corrected chi connectivity index (χ3v) is 3.69. The molecule has 92 valence electrons. The number of carboxylic acids is 1. The molecule has 0 spiro atoms. The number of likely N-dealkylation sites (N-methyl/N-ethyl adjacent to an activating group) is 1. The Morgan fingerprint density at radius 3 is 2.75 bits per heavy atom. The van der Waals surface area contributed by atoms with E-state index in [-0.39, 0.29) is 18.4 Å². The van der Waals surface area contributed by atoms with Crippen molar-refractivity contribution in [1.29, 1.82) is 0 Å². The zero-order valence-electron chi connectivity index (χ0n) is 9.68. The molecule has 1 rings (SSSR count). The second-order valence-electron chi connectivity index (χ2n) is 4.09. The maximum Gasteiger partial charge on any atom is 0.304 e. The molecule has 1 unspecified atom stereocenters. The number of nitrogens with zero attached hydrogens (tertiary/aromatic N) is 2. The lowest BCUT2D eigenvalue weighted by atomic mass is 10.2. The number of carboxylic acid groups (broad SMARTS) is 1. The minimum absolute atomic E-state index is 0.0138. The van der Waals surface area contributed by atoms with E-state index in [9.17, 15) is 9.59 Å². The van der Waals surface area contributed by atoms with Gasteiger partial charge >= 0.3 is 5.97 Å². The maximum atomic E-state index is 11.6. The lowest BCUT2D eigenvalue weighted by Crippen LogP contribution is -2.48. The maximum absolute atomic E-state index is 11.6. The van der Waals surface area contributed by atoms with Gasteiger partial charge in [0.2, 0.25) is 5.91 Å². The summed E-state index contributed by atoms with van der Waals surface area (Å²) in [5.74, 6) is 1.00. The molecule has 0 aromatic rings. The third-order valence-electron chi connectivity index (χ3n) is 2.60. The van der Waals surface area contributed by atoms with Crippen LogP contribution < -0.4 is 0 Å². The number of carbonyl (C=O) groups is 2. The van der Waals surface area contributed by atoms with Crippen LogP contribution in [0.25, 0.3) is 0 Å². The lowest BCUT2D eigenvalue weighted by molar-refractivity contribution is -0.139. The van der Waals surface area contributed by atoms with Crippen LogP contribution in [-0.2, 0) is 9.59 Å². The fourth-order valence-corrected chi connectivity index (χ4v) is 2.73. The summed E-state index contributed by atoms with van der Waals surface area (Å²) >= 11 is 1.75. The van der Waals surface area contributed by atoms with Gasteiger partial charge in [0.25, 0.3) is 0 Å². The molecule has 1 aliphatic rings. The van der Waals surface area contributed by atoms with Crippen LogP contribution in [-0.4, -0.2) is 71.5 Å². The van der Waals surface area contributed by atoms with Crippen LogP contribution in [0.1, 0.15) is 6.42 Å². The Morgan fingerprint density at radius 2 is 2.19 bits per heavy atom. The zero-order chi connectivity index (χ0) is 12.1. The van der Waals surface area contributed by atoms with Crippen LogP contribution in [0.4, 0.5) is 0 Å². The lowest BCUT2D eigenvalue weighted by Gasteiger charge is -2.34. The monoisotopic (exact) mass is 246 g/mol. The summed E-state index contributed by atoms with van der Waals surface area (Å²) < 4.78 is 0. The summed E-state index contributed by atoms with van der Waals surface area (Å²) in [5.41, 5.74) is 0. The molecule has 6 heteroatoms. The molecule has 16 heavy (non-hydrogen) atoms. The van der Waals surface area contributed by atoms with Crippen molar-refractivity contribution in [1.82, 2.24) is 9.80 Å². The molecule has 0 aromatic carbocycles. The first-order valence-electron chi connectivity index (χ1n) is 5.24. The SMILES string of the molecule is CN(C)C(=O)CN1CCSCC1CC(=O)O. The van der Waals surface area contributed by atoms with Gasteiger partial charge < -0.3 is 10.0 Å². The quantitative estimate of drug-likeness (QED) is 0.754. The number of hydrogen-bond donors (Lipinski definition) is 1. The first-order valence-corrected chi connectivity index (χ1v) is 6.40. The summed E-state index contributed by atoms with van der Waals surface area (Å²) in [4.78, 5) is 25.8. The van der Waals surface area contributed by atoms with Gasteiger partial charge in [0.1, 0.15) is 0 Å². The van der Waals surface area contributed by atoms with E-state index >= 15 is 0 Å². The second kappa shape index (κ2) is 6.10. The van der Waals surface area contributed by atoms with Crippen LogP contribution in [0, 0.1) is 0 Å². The fraction of sp³-hybridized carbons (Fsp3) is 0.800. The number of aliphatic carboxylic acids is 1. The molecule has 1 amide bonds. The van der Waals surface area contributed by atoms with E-state index in [0.717, 1.165) is 18.1 Å². The smallest absolute Gasteiger partial charge is 0.304 e. The Balaban J connectivity index is 2.53. The Labute approximate surface area is 99.8 Å². The summed E-state index contributed by atoms with van der Waals surface area (Å²) in [6.45, 7) is 1.12. The van der Waals surface area contributed by atoms with E-state index in [1.165, 1.54) is 0 Å². The van der Waals surface area contributed by atoms with Crippen LogP contribution in [0.5, 0.6) is 0 Å². The van der Waals surface area contributed by atoms with Gasteiger partial charge in [0.05, 0.1) is 13.0 Å². The summed E-state index contributed by atoms with van der Waals surface area (Å²) in [5, 5.41) is 8.80. The van der Waals surface area contributed by atoms with Crippen molar-refractivity contribution in [3.05, 3.63) is 0 Å². The van der Waals surface area contributed by atoms with Crippen LogP contribution in [0.3, 0.4) is 0 Å². The van der Waals surface area contributed by atoms with Crippen LogP contribution >= 0.6 is 11.8 Å². The highest BCUT2D eigenvalue weighted by Gasteiger charge is 2.26. The van der Waals surface area contributed by atoms with Crippen molar-refractivity contribution in [2.24, 2.45) is 0 Å². The number of thioether (sulfide) groups is 1. The van der Waals surface area contributed by atoms with E-state index in [2.05, 4.69) is 0 Å². The first-order chi connectivity index (χ1) is 7.50. The fourth-order valence-electron chi connectivity index (χ4n) is 1.60. The van der Waals surface area contributed by atoms with Gasteiger partial charge in [0, 0.05) is 38.2 Å². The van der Waals surface area contributed by atoms with Crippen molar-refractivity contribution in [3.8, 4) is 0 Å². The number of rotatable bonds is 4. The molecule has 0 bridgehead atoms. The van der Waals surface area contributed by atoms with Gasteiger partial charge in [-0.15, -0.1) is 0 Å². The molecule has 1 fully saturated rings. The Bertz CT molecular complexity index is 271. The van der Waals surface area contributed by atoms with Crippen molar-refractivity contribution in [2.45, 2.75) is 12.5 Å². The highest BCUT2D eigenvalue weighted by molar-refractivity contribution is 7.99. The highest BCUT2D eigenvalue weighted by Crippen LogP contribution is 2.18. The van der Waals surface area contributed by atoms with Crippen molar-refractivity contribution < 1.29 is 14.7 Å². The molecule has 0 aromatic heterocycles. The molecule has 1 N–H and O–H groups in total. The van der Waals surface area contributed by atoms with Crippen molar-refractivity contribution in [2.75, 3.05) is 38.7 Å². The van der Waals surface area contributed by atoms with Crippen LogP contribution in [0.2, 0.25) is 0 Å². The predicted octanol–water partition coefficient (Wildman–Crippen LogP) is -0.0333. The van der Waals surface area contributed by atoms with Gasteiger partial charge in [0.15, 0.2) is 0 Å². The minimum atomic E-state index is -0.796. The van der Waals surface area contributed by atoms with Gasteiger partial charge in [-0.05, 0) is 0 Å². The predicted molar refractivity (Wildman–Crippen MR) is 63.6 cm³/mol. The summed E-state index contributed by atoms with van der Waals surface area (Å²) in [6.07, 6.45) is 0.119. The Hall–Kier alpha value is -0.750. The molecule has 0 saturated carbocycles. The molecule has 1 aliphatic heterocycles. The van der Waals surface area contributed by atoms with Crippen LogP contribution in [0.15, 0.2) is 0 Å². The zero-order valence-corrected chi connectivity index (χ0v) is 10.5. The molecule has 1 atom stereocenters. The average Bonchev–Trinajstić information content (AvgIpc) is 2.20. The van der Waals surface area contributed by atoms with E-state index in [0.29, 0.717) is 6.54 Å². The topological polar surface area (TPSA) is 60.9 Å². The molecule has 1 saturated heterocycles. The average molecular weight is 246 g/mol. The van der Waals surface area contributed by atoms with Crippen molar-refractivity contribution >= 4 is 23.6 Å². The summed E-state index contributed by atoms with van der Waals surface area (Å²) in [7, 11) is 3.43. The normalized spacial score (nSPS) is 21.8. The van der Waals surface area contributed by atoms with E-state index in [1.807, 2.05) is 4.90 Å². The molecular weight excluding hydrogens is 228 g/mol. The summed E-state index contributed by atoms with van der Waals surface area (Å²) in [6, 6.07) is -0.0138. The first kappa shape index (κ1) is 13.3. The standard InChI is InChI=1S/C10H18N2O3S/c1-11(2)9(13)6-12-3-4-16-7-8(12)5-10(14)15/h8H,3-7H2,1-2H3,(H,14,15). The molecular formula is C10H18N2O3S. The van der Waals surface area contributed by atoms with E-state index in [1.54, 1.807) is 30.8 Å². The molecule has 0 aliphatic carbocycles. The van der Waals surface area contributed by atoms with Gasteiger partial charge in [-0.25, -0.2) is 0 Å². The van der Waals surface area contributed by atoms with Crippen molar-refractivity contribution in [3.63, 3.8) is 0 Å². The number of carbonyl (C=O) groups excluding carboxylic acids is 1. The van der Waals surface area contributed by atoms with E-state index < -0.39 is 5.97 Å². The number of amides is 1. The minimum Gasteiger partial charge on any atom is -0.481 e. The Morgan fingerprint density at radius 1 is 1.50 bits per heavy atom. The Kier molecular flexibility index (Phi) is 5.08. The second-order valence-corrected chi connectivity index (χ2v) is 5.24. The largest absolute Gasteiger partial charge is 0.481 e. The number of hydrogen-bond acceptors (Lipinski definition) is 4. The van der Waals surface area contributed by atoms with Gasteiger partial charge in [-0.3, -0.25) is 14.5 Å². The molecule has 0 radical (unpaired) electrons. The molecule has 5 nitrogen and oxygen atoms in total. The van der Waals surface area contributed by atoms with E-state index in [4.69, 9.17) is 5.11 Å². The van der Waals surface area contributed by atoms with Gasteiger partial charge in [-0.1, -0.05) is 0 Å². The third kappa shape index (κ3) is 4.02.